The molecule has 0 bridgehead atoms. The molecule has 21 heavy (non-hydrogen) atoms. The third-order valence-electron chi connectivity index (χ3n) is 3.33. The van der Waals surface area contributed by atoms with Crippen LogP contribution in [0, 0.1) is 0 Å². The predicted molar refractivity (Wildman–Crippen MR) is 81.7 cm³/mol. The highest BCUT2D eigenvalue weighted by Crippen LogP contribution is 2.19. The zero-order valence-electron chi connectivity index (χ0n) is 12.9. The second kappa shape index (κ2) is 7.97. The van der Waals surface area contributed by atoms with Gasteiger partial charge < -0.3 is 19.2 Å². The minimum atomic E-state index is 0.692. The molecule has 0 unspecified atom stereocenters. The van der Waals surface area contributed by atoms with Crippen LogP contribution in [-0.4, -0.2) is 62.5 Å². The molecule has 0 spiro atoms. The number of nitrogens with one attached hydrogen (secondary N) is 1. The molecule has 2 aromatic rings. The van der Waals surface area contributed by atoms with Gasteiger partial charge in [-0.15, -0.1) is 0 Å². The maximum atomic E-state index is 5.23. The number of aromatic nitrogens is 2. The summed E-state index contributed by atoms with van der Waals surface area (Å²) >= 11 is 0. The van der Waals surface area contributed by atoms with E-state index >= 15 is 0 Å². The van der Waals surface area contributed by atoms with E-state index in [9.17, 15) is 0 Å². The number of nitrogens with zero attached hydrogens (tertiary/aromatic N) is 2. The Morgan fingerprint density at radius 3 is 2.43 bits per heavy atom. The first kappa shape index (κ1) is 15.8. The van der Waals surface area contributed by atoms with Crippen molar-refractivity contribution < 1.29 is 14.2 Å². The molecule has 0 fully saturated rings. The van der Waals surface area contributed by atoms with Gasteiger partial charge in [-0.05, 0) is 12.1 Å². The van der Waals surface area contributed by atoms with Gasteiger partial charge in [0, 0.05) is 33.4 Å². The normalized spacial score (nSPS) is 11.4. The van der Waals surface area contributed by atoms with Crippen molar-refractivity contribution in [3.05, 3.63) is 24.0 Å². The van der Waals surface area contributed by atoms with Crippen molar-refractivity contribution in [2.24, 2.45) is 0 Å². The molecule has 6 nitrogen and oxygen atoms in total. The number of hydrogen-bond acceptors (Lipinski definition) is 5. The van der Waals surface area contributed by atoms with E-state index in [1.165, 1.54) is 0 Å². The lowest BCUT2D eigenvalue weighted by Gasteiger charge is -2.20. The van der Waals surface area contributed by atoms with Crippen LogP contribution in [0.5, 0.6) is 5.75 Å². The molecule has 0 aliphatic carbocycles. The van der Waals surface area contributed by atoms with Crippen LogP contribution in [0.3, 0.4) is 0 Å². The summed E-state index contributed by atoms with van der Waals surface area (Å²) < 4.78 is 15.5. The molecule has 0 radical (unpaired) electrons. The first-order chi connectivity index (χ1) is 10.3. The van der Waals surface area contributed by atoms with E-state index in [4.69, 9.17) is 14.2 Å². The van der Waals surface area contributed by atoms with Gasteiger partial charge in [0.2, 0.25) is 0 Å². The zero-order valence-corrected chi connectivity index (χ0v) is 12.9. The Labute approximate surface area is 125 Å². The fraction of sp³-hybridized carbons (Fsp3) is 0.533. The smallest absolute Gasteiger partial charge is 0.121 e. The fourth-order valence-electron chi connectivity index (χ4n) is 2.17. The van der Waals surface area contributed by atoms with Crippen LogP contribution in [-0.2, 0) is 16.0 Å². The van der Waals surface area contributed by atoms with Gasteiger partial charge in [-0.1, -0.05) is 0 Å². The lowest BCUT2D eigenvalue weighted by atomic mass is 10.3. The number of methoxy groups -OCH3 is 3. The summed E-state index contributed by atoms with van der Waals surface area (Å²) in [5, 5.41) is 0. The number of benzene rings is 1. The number of fused-ring (bicyclic) bond motifs is 1. The highest BCUT2D eigenvalue weighted by Gasteiger charge is 2.10. The second-order valence-electron chi connectivity index (χ2n) is 4.83. The average molecular weight is 293 g/mol. The molecule has 1 aromatic heterocycles. The number of rotatable bonds is 9. The second-order valence-corrected chi connectivity index (χ2v) is 4.83. The van der Waals surface area contributed by atoms with Crippen LogP contribution in [0.2, 0.25) is 0 Å². The molecule has 0 aliphatic heterocycles. The highest BCUT2D eigenvalue weighted by atomic mass is 16.5. The van der Waals surface area contributed by atoms with Crippen LogP contribution in [0.1, 0.15) is 5.82 Å². The molecular formula is C15H23N3O3. The molecule has 0 saturated carbocycles. The molecule has 1 N–H and O–H groups in total. The summed E-state index contributed by atoms with van der Waals surface area (Å²) in [6.07, 6.45) is 0. The number of ether oxygens (including phenoxy) is 3. The standard InChI is InChI=1S/C15H23N3O3/c1-19-8-6-18(7-9-20-2)11-15-16-13-5-4-12(21-3)10-14(13)17-15/h4-5,10H,6-9,11H2,1-3H3,(H,16,17). The van der Waals surface area contributed by atoms with Gasteiger partial charge in [0.15, 0.2) is 0 Å². The van der Waals surface area contributed by atoms with E-state index in [-0.39, 0.29) is 0 Å². The lowest BCUT2D eigenvalue weighted by molar-refractivity contribution is 0.109. The molecule has 116 valence electrons. The summed E-state index contributed by atoms with van der Waals surface area (Å²) in [5.41, 5.74) is 1.94. The van der Waals surface area contributed by atoms with Crippen molar-refractivity contribution in [3.8, 4) is 5.75 Å². The molecule has 2 rings (SSSR count). The van der Waals surface area contributed by atoms with Crippen LogP contribution >= 0.6 is 0 Å². The molecule has 0 amide bonds. The van der Waals surface area contributed by atoms with Gasteiger partial charge in [-0.25, -0.2) is 4.98 Å². The summed E-state index contributed by atoms with van der Waals surface area (Å²) in [6, 6.07) is 5.84. The molecule has 6 heteroatoms. The van der Waals surface area contributed by atoms with Crippen molar-refractivity contribution in [2.75, 3.05) is 47.6 Å². The number of H-pyrrole nitrogens is 1. The van der Waals surface area contributed by atoms with Crippen molar-refractivity contribution in [2.45, 2.75) is 6.54 Å². The zero-order chi connectivity index (χ0) is 15.1. The minimum absolute atomic E-state index is 0.692. The summed E-state index contributed by atoms with van der Waals surface area (Å²) in [4.78, 5) is 10.2. The molecular weight excluding hydrogens is 270 g/mol. The van der Waals surface area contributed by atoms with Crippen molar-refractivity contribution in [1.29, 1.82) is 0 Å². The van der Waals surface area contributed by atoms with E-state index in [0.717, 1.165) is 42.2 Å². The summed E-state index contributed by atoms with van der Waals surface area (Å²) in [6.45, 7) is 3.82. The van der Waals surface area contributed by atoms with Gasteiger partial charge >= 0.3 is 0 Å². The maximum absolute atomic E-state index is 5.23. The Hall–Kier alpha value is -1.63. The molecule has 1 heterocycles. The first-order valence-corrected chi connectivity index (χ1v) is 6.99. The Bertz CT molecular complexity index is 548. The van der Waals surface area contributed by atoms with E-state index in [1.807, 2.05) is 18.2 Å². The summed E-state index contributed by atoms with van der Waals surface area (Å²) in [5.74, 6) is 1.76. The van der Waals surface area contributed by atoms with Gasteiger partial charge in [0.25, 0.3) is 0 Å². The quantitative estimate of drug-likeness (QED) is 0.762. The Morgan fingerprint density at radius 1 is 1.10 bits per heavy atom. The Morgan fingerprint density at radius 2 is 1.81 bits per heavy atom. The molecule has 1 aromatic carbocycles. The summed E-state index contributed by atoms with van der Waals surface area (Å²) in [7, 11) is 5.08. The monoisotopic (exact) mass is 293 g/mol. The van der Waals surface area contributed by atoms with Crippen molar-refractivity contribution in [3.63, 3.8) is 0 Å². The SMILES string of the molecule is COCCN(CCOC)Cc1nc2ccc(OC)cc2[nH]1. The van der Waals surface area contributed by atoms with E-state index in [0.29, 0.717) is 13.2 Å². The van der Waals surface area contributed by atoms with Gasteiger partial charge in [-0.2, -0.15) is 0 Å². The minimum Gasteiger partial charge on any atom is -0.497 e. The van der Waals surface area contributed by atoms with Crippen LogP contribution < -0.4 is 4.74 Å². The molecule has 0 atom stereocenters. The maximum Gasteiger partial charge on any atom is 0.121 e. The topological polar surface area (TPSA) is 59.6 Å². The van der Waals surface area contributed by atoms with Gasteiger partial charge in [0.05, 0.1) is 37.9 Å². The number of imidazole rings is 1. The lowest BCUT2D eigenvalue weighted by Crippen LogP contribution is -2.30. The highest BCUT2D eigenvalue weighted by molar-refractivity contribution is 5.76. The number of aromatic amines is 1. The third kappa shape index (κ3) is 4.42. The third-order valence-corrected chi connectivity index (χ3v) is 3.33. The average Bonchev–Trinajstić information content (AvgIpc) is 2.91. The van der Waals surface area contributed by atoms with E-state index in [2.05, 4.69) is 14.9 Å². The van der Waals surface area contributed by atoms with E-state index < -0.39 is 0 Å². The number of hydrogen-bond donors (Lipinski definition) is 1. The first-order valence-electron chi connectivity index (χ1n) is 6.99. The fourth-order valence-corrected chi connectivity index (χ4v) is 2.17. The van der Waals surface area contributed by atoms with Crippen molar-refractivity contribution >= 4 is 11.0 Å². The predicted octanol–water partition coefficient (Wildman–Crippen LogP) is 1.67. The van der Waals surface area contributed by atoms with Gasteiger partial charge in [0.1, 0.15) is 11.6 Å². The van der Waals surface area contributed by atoms with Crippen LogP contribution in [0.15, 0.2) is 18.2 Å². The largest absolute Gasteiger partial charge is 0.497 e. The Kier molecular flexibility index (Phi) is 5.98. The molecule has 0 saturated heterocycles. The van der Waals surface area contributed by atoms with Gasteiger partial charge in [-0.3, -0.25) is 4.90 Å². The van der Waals surface area contributed by atoms with Crippen molar-refractivity contribution in [1.82, 2.24) is 14.9 Å². The Balaban J connectivity index is 2.07. The van der Waals surface area contributed by atoms with E-state index in [1.54, 1.807) is 21.3 Å². The van der Waals surface area contributed by atoms with Crippen LogP contribution in [0.25, 0.3) is 11.0 Å². The molecule has 0 aliphatic rings. The van der Waals surface area contributed by atoms with Crippen LogP contribution in [0.4, 0.5) is 0 Å².